The van der Waals surface area contributed by atoms with E-state index in [1.54, 1.807) is 12.3 Å². The van der Waals surface area contributed by atoms with Crippen molar-refractivity contribution < 1.29 is 14.3 Å². The smallest absolute Gasteiger partial charge is 0.146 e. The molecule has 0 saturated carbocycles. The molecule has 2 rings (SSSR count). The molecule has 1 aromatic heterocycles. The highest BCUT2D eigenvalue weighted by Crippen LogP contribution is 2.29. The van der Waals surface area contributed by atoms with Gasteiger partial charge in [0.2, 0.25) is 0 Å². The number of rotatable bonds is 4. The number of ether oxygens (including phenoxy) is 1. The zero-order valence-corrected chi connectivity index (χ0v) is 10.1. The maximum absolute atomic E-state index is 9.87. The third-order valence-corrected chi connectivity index (χ3v) is 3.39. The van der Waals surface area contributed by atoms with Gasteiger partial charge in [0.1, 0.15) is 11.9 Å². The van der Waals surface area contributed by atoms with Gasteiger partial charge in [0, 0.05) is 6.61 Å². The molecule has 0 aliphatic carbocycles. The standard InChI is InChI=1S/C11H15BrO3/c12-9-5-7-15-11(9)10(13)4-3-8-2-1-6-14-8/h5,7-8,10,13H,1-4,6H2. The van der Waals surface area contributed by atoms with E-state index in [-0.39, 0.29) is 0 Å². The molecule has 1 aliphatic rings. The molecule has 2 atom stereocenters. The topological polar surface area (TPSA) is 42.6 Å². The summed E-state index contributed by atoms with van der Waals surface area (Å²) in [7, 11) is 0. The van der Waals surface area contributed by atoms with E-state index in [0.717, 1.165) is 30.3 Å². The molecule has 0 aromatic carbocycles. The van der Waals surface area contributed by atoms with Crippen LogP contribution in [0, 0.1) is 0 Å². The van der Waals surface area contributed by atoms with Crippen molar-refractivity contribution in [3.63, 3.8) is 0 Å². The summed E-state index contributed by atoms with van der Waals surface area (Å²) in [5.74, 6) is 0.619. The minimum absolute atomic E-state index is 0.327. The summed E-state index contributed by atoms with van der Waals surface area (Å²) >= 11 is 3.34. The van der Waals surface area contributed by atoms with Gasteiger partial charge in [-0.05, 0) is 47.7 Å². The second-order valence-electron chi connectivity index (χ2n) is 3.86. The Morgan fingerprint density at radius 3 is 3.07 bits per heavy atom. The molecule has 0 amide bonds. The molecule has 0 radical (unpaired) electrons. The van der Waals surface area contributed by atoms with Crippen LogP contribution in [0.1, 0.15) is 37.5 Å². The van der Waals surface area contributed by atoms with E-state index >= 15 is 0 Å². The lowest BCUT2D eigenvalue weighted by Crippen LogP contribution is -2.07. The van der Waals surface area contributed by atoms with Crippen molar-refractivity contribution in [1.29, 1.82) is 0 Å². The van der Waals surface area contributed by atoms with Crippen molar-refractivity contribution in [2.24, 2.45) is 0 Å². The zero-order valence-electron chi connectivity index (χ0n) is 8.49. The van der Waals surface area contributed by atoms with Gasteiger partial charge < -0.3 is 14.3 Å². The van der Waals surface area contributed by atoms with Gasteiger partial charge in [-0.3, -0.25) is 0 Å². The quantitative estimate of drug-likeness (QED) is 0.918. The van der Waals surface area contributed by atoms with Crippen LogP contribution < -0.4 is 0 Å². The first-order valence-corrected chi connectivity index (χ1v) is 6.09. The van der Waals surface area contributed by atoms with Gasteiger partial charge in [0.15, 0.2) is 0 Å². The van der Waals surface area contributed by atoms with Crippen molar-refractivity contribution in [2.45, 2.75) is 37.9 Å². The molecule has 1 aliphatic heterocycles. The van der Waals surface area contributed by atoms with Crippen LogP contribution in [0.4, 0.5) is 0 Å². The van der Waals surface area contributed by atoms with E-state index in [4.69, 9.17) is 9.15 Å². The van der Waals surface area contributed by atoms with Crippen LogP contribution in [0.15, 0.2) is 21.2 Å². The predicted molar refractivity (Wildman–Crippen MR) is 59.6 cm³/mol. The fourth-order valence-electron chi connectivity index (χ4n) is 1.89. The average Bonchev–Trinajstić information content (AvgIpc) is 2.84. The Bertz CT molecular complexity index is 305. The molecule has 1 fully saturated rings. The van der Waals surface area contributed by atoms with Crippen LogP contribution >= 0.6 is 15.9 Å². The molecule has 1 aromatic rings. The summed E-state index contributed by atoms with van der Waals surface area (Å²) in [6, 6.07) is 1.80. The summed E-state index contributed by atoms with van der Waals surface area (Å²) in [4.78, 5) is 0. The minimum atomic E-state index is -0.529. The van der Waals surface area contributed by atoms with Gasteiger partial charge in [-0.25, -0.2) is 0 Å². The van der Waals surface area contributed by atoms with Gasteiger partial charge >= 0.3 is 0 Å². The van der Waals surface area contributed by atoms with Gasteiger partial charge in [-0.2, -0.15) is 0 Å². The summed E-state index contributed by atoms with van der Waals surface area (Å²) in [5, 5.41) is 9.87. The third kappa shape index (κ3) is 2.83. The second kappa shape index (κ2) is 5.14. The summed E-state index contributed by atoms with van der Waals surface area (Å²) in [5.41, 5.74) is 0. The number of hydrogen-bond donors (Lipinski definition) is 1. The minimum Gasteiger partial charge on any atom is -0.465 e. The summed E-state index contributed by atoms with van der Waals surface area (Å²) in [6.45, 7) is 0.866. The fraction of sp³-hybridized carbons (Fsp3) is 0.636. The van der Waals surface area contributed by atoms with Crippen molar-refractivity contribution >= 4 is 15.9 Å². The van der Waals surface area contributed by atoms with E-state index < -0.39 is 6.10 Å². The fourth-order valence-corrected chi connectivity index (χ4v) is 2.36. The number of aliphatic hydroxyl groups excluding tert-OH is 1. The monoisotopic (exact) mass is 274 g/mol. The Labute approximate surface area is 97.5 Å². The Hall–Kier alpha value is -0.320. The normalized spacial score (nSPS) is 23.2. The SMILES string of the molecule is OC(CCC1CCCO1)c1occc1Br. The van der Waals surface area contributed by atoms with Crippen LogP contribution in [-0.2, 0) is 4.74 Å². The van der Waals surface area contributed by atoms with Crippen molar-refractivity contribution in [3.05, 3.63) is 22.6 Å². The number of furan rings is 1. The van der Waals surface area contributed by atoms with Gasteiger partial charge in [0.05, 0.1) is 16.8 Å². The third-order valence-electron chi connectivity index (χ3n) is 2.73. The molecular weight excluding hydrogens is 260 g/mol. The number of halogens is 1. The van der Waals surface area contributed by atoms with E-state index in [2.05, 4.69) is 15.9 Å². The highest BCUT2D eigenvalue weighted by atomic mass is 79.9. The Morgan fingerprint density at radius 2 is 2.47 bits per heavy atom. The first-order valence-electron chi connectivity index (χ1n) is 5.30. The lowest BCUT2D eigenvalue weighted by atomic mass is 10.1. The molecule has 2 heterocycles. The van der Waals surface area contributed by atoms with Crippen LogP contribution in [-0.4, -0.2) is 17.8 Å². The first-order chi connectivity index (χ1) is 7.27. The maximum Gasteiger partial charge on any atom is 0.146 e. The molecule has 3 nitrogen and oxygen atoms in total. The lowest BCUT2D eigenvalue weighted by molar-refractivity contribution is 0.0746. The van der Waals surface area contributed by atoms with Crippen LogP contribution in [0.2, 0.25) is 0 Å². The maximum atomic E-state index is 9.87. The van der Waals surface area contributed by atoms with Gasteiger partial charge in [-0.15, -0.1) is 0 Å². The average molecular weight is 275 g/mol. The molecule has 1 saturated heterocycles. The van der Waals surface area contributed by atoms with Crippen LogP contribution in [0.3, 0.4) is 0 Å². The van der Waals surface area contributed by atoms with E-state index in [1.165, 1.54) is 0 Å². The van der Waals surface area contributed by atoms with E-state index in [0.29, 0.717) is 18.3 Å². The first kappa shape index (κ1) is 11.2. The molecule has 4 heteroatoms. The Kier molecular flexibility index (Phi) is 3.83. The molecule has 84 valence electrons. The molecule has 0 spiro atoms. The van der Waals surface area contributed by atoms with Crippen LogP contribution in [0.25, 0.3) is 0 Å². The second-order valence-corrected chi connectivity index (χ2v) is 4.72. The molecule has 15 heavy (non-hydrogen) atoms. The zero-order chi connectivity index (χ0) is 10.7. The Balaban J connectivity index is 1.81. The summed E-state index contributed by atoms with van der Waals surface area (Å²) in [6.07, 6.45) is 5.23. The van der Waals surface area contributed by atoms with Crippen molar-refractivity contribution in [3.8, 4) is 0 Å². The molecule has 0 bridgehead atoms. The van der Waals surface area contributed by atoms with Gasteiger partial charge in [0.25, 0.3) is 0 Å². The highest BCUT2D eigenvalue weighted by Gasteiger charge is 2.20. The number of hydrogen-bond acceptors (Lipinski definition) is 3. The lowest BCUT2D eigenvalue weighted by Gasteiger charge is -2.12. The van der Waals surface area contributed by atoms with Crippen LogP contribution in [0.5, 0.6) is 0 Å². The Morgan fingerprint density at radius 1 is 1.60 bits per heavy atom. The largest absolute Gasteiger partial charge is 0.465 e. The molecule has 1 N–H and O–H groups in total. The summed E-state index contributed by atoms with van der Waals surface area (Å²) < 4.78 is 11.5. The highest BCUT2D eigenvalue weighted by molar-refractivity contribution is 9.10. The van der Waals surface area contributed by atoms with E-state index in [9.17, 15) is 5.11 Å². The molecular formula is C11H15BrO3. The van der Waals surface area contributed by atoms with Gasteiger partial charge in [-0.1, -0.05) is 0 Å². The molecule has 2 unspecified atom stereocenters. The number of aliphatic hydroxyl groups is 1. The van der Waals surface area contributed by atoms with Crippen molar-refractivity contribution in [2.75, 3.05) is 6.61 Å². The van der Waals surface area contributed by atoms with E-state index in [1.807, 2.05) is 0 Å². The van der Waals surface area contributed by atoms with Crippen molar-refractivity contribution in [1.82, 2.24) is 0 Å². The predicted octanol–water partition coefficient (Wildman–Crippen LogP) is 3.03.